The van der Waals surface area contributed by atoms with E-state index in [2.05, 4.69) is 9.97 Å². The lowest BCUT2D eigenvalue weighted by Crippen LogP contribution is -2.21. The highest BCUT2D eigenvalue weighted by molar-refractivity contribution is 5.95. The van der Waals surface area contributed by atoms with Crippen LogP contribution < -0.4 is 11.2 Å². The van der Waals surface area contributed by atoms with Crippen LogP contribution in [0.2, 0.25) is 0 Å². The topological polar surface area (TPSA) is 101 Å². The van der Waals surface area contributed by atoms with E-state index in [0.29, 0.717) is 0 Å². The summed E-state index contributed by atoms with van der Waals surface area (Å²) in [6.45, 7) is 0. The van der Waals surface area contributed by atoms with Crippen molar-refractivity contribution in [3.63, 3.8) is 0 Å². The van der Waals surface area contributed by atoms with Crippen LogP contribution in [-0.4, -0.2) is 21.1 Å². The van der Waals surface area contributed by atoms with Gasteiger partial charge in [-0.2, -0.15) is 0 Å². The van der Waals surface area contributed by atoms with Crippen LogP contribution >= 0.6 is 0 Å². The van der Waals surface area contributed by atoms with Crippen LogP contribution in [0, 0.1) is 0 Å². The molecule has 0 saturated carbocycles. The molecule has 6 nitrogen and oxygen atoms in total. The molecule has 0 spiro atoms. The van der Waals surface area contributed by atoms with Gasteiger partial charge in [-0.1, -0.05) is 0 Å². The average Bonchev–Trinajstić information content (AvgIpc) is 2.04. The number of carbonyl (C=O) groups is 1. The van der Waals surface area contributed by atoms with Crippen molar-refractivity contribution in [1.29, 1.82) is 0 Å². The Morgan fingerprint density at radius 2 is 2.18 bits per heavy atom. The summed E-state index contributed by atoms with van der Waals surface area (Å²) in [6.07, 6.45) is 2.66. The molecule has 4 N–H and O–H groups in total. The Morgan fingerprint density at radius 3 is 2.73 bits per heavy atom. The van der Waals surface area contributed by atoms with Crippen LogP contribution in [0.1, 0.15) is 10.5 Å². The van der Waals surface area contributed by atoms with E-state index in [1.165, 1.54) is 17.9 Å². The van der Waals surface area contributed by atoms with Crippen molar-refractivity contribution in [2.75, 3.05) is 5.73 Å². The average molecular weight is 154 g/mol. The van der Waals surface area contributed by atoms with Crippen LogP contribution in [0.25, 0.3) is 0 Å². The molecule has 0 aliphatic heterocycles. The maximum atomic E-state index is 10.7. The maximum Gasteiger partial charge on any atom is 0.297 e. The first-order valence-electron chi connectivity index (χ1n) is 2.76. The van der Waals surface area contributed by atoms with Gasteiger partial charge >= 0.3 is 0 Å². The molecule has 0 bridgehead atoms. The van der Waals surface area contributed by atoms with Gasteiger partial charge < -0.3 is 5.73 Å². The summed E-state index contributed by atoms with van der Waals surface area (Å²) in [7, 11) is 0. The van der Waals surface area contributed by atoms with Gasteiger partial charge in [-0.05, 0) is 0 Å². The number of amides is 1. The monoisotopic (exact) mass is 154 g/mol. The van der Waals surface area contributed by atoms with Gasteiger partial charge in [-0.3, -0.25) is 10.0 Å². The molecule has 11 heavy (non-hydrogen) atoms. The number of nitrogens with one attached hydrogen (secondary N) is 1. The third-order valence-electron chi connectivity index (χ3n) is 1.04. The molecule has 0 unspecified atom stereocenters. The number of hydroxylamine groups is 1. The highest BCUT2D eigenvalue weighted by Gasteiger charge is 2.09. The molecule has 0 aliphatic rings. The van der Waals surface area contributed by atoms with Gasteiger partial charge in [0.05, 0.1) is 0 Å². The van der Waals surface area contributed by atoms with Gasteiger partial charge in [0.15, 0.2) is 11.5 Å². The summed E-state index contributed by atoms with van der Waals surface area (Å²) < 4.78 is 0. The van der Waals surface area contributed by atoms with Crippen molar-refractivity contribution in [1.82, 2.24) is 15.4 Å². The lowest BCUT2D eigenvalue weighted by molar-refractivity contribution is 0.0701. The quantitative estimate of drug-likeness (QED) is 0.362. The predicted octanol–water partition coefficient (Wildman–Crippen LogP) is -0.822. The molecule has 58 valence electrons. The molecule has 0 aliphatic carbocycles. The predicted molar refractivity (Wildman–Crippen MR) is 35.7 cm³/mol. The zero-order chi connectivity index (χ0) is 8.27. The fourth-order valence-electron chi connectivity index (χ4n) is 0.577. The molecule has 0 fully saturated rings. The number of hydrogen-bond donors (Lipinski definition) is 3. The Bertz CT molecular complexity index is 275. The number of carbonyl (C=O) groups excluding carboxylic acids is 1. The fourth-order valence-corrected chi connectivity index (χ4v) is 0.577. The van der Waals surface area contributed by atoms with E-state index in [9.17, 15) is 4.79 Å². The minimum atomic E-state index is -0.768. The second-order valence-corrected chi connectivity index (χ2v) is 1.73. The zero-order valence-electron chi connectivity index (χ0n) is 5.48. The van der Waals surface area contributed by atoms with Gasteiger partial charge in [0.25, 0.3) is 5.91 Å². The van der Waals surface area contributed by atoms with Gasteiger partial charge in [-0.15, -0.1) is 0 Å². The second kappa shape index (κ2) is 2.93. The van der Waals surface area contributed by atoms with Crippen molar-refractivity contribution in [3.05, 3.63) is 18.1 Å². The van der Waals surface area contributed by atoms with Crippen molar-refractivity contribution in [2.24, 2.45) is 0 Å². The van der Waals surface area contributed by atoms with E-state index < -0.39 is 5.91 Å². The zero-order valence-corrected chi connectivity index (χ0v) is 5.48. The minimum absolute atomic E-state index is 0.0148. The third kappa shape index (κ3) is 1.41. The number of rotatable bonds is 1. The summed E-state index contributed by atoms with van der Waals surface area (Å²) in [5.41, 5.74) is 6.56. The first-order chi connectivity index (χ1) is 5.25. The third-order valence-corrected chi connectivity index (χ3v) is 1.04. The number of anilines is 1. The Morgan fingerprint density at radius 1 is 1.55 bits per heavy atom. The summed E-state index contributed by atoms with van der Waals surface area (Å²) in [5.74, 6) is -0.783. The molecule has 1 aromatic rings. The van der Waals surface area contributed by atoms with E-state index in [0.717, 1.165) is 0 Å². The van der Waals surface area contributed by atoms with Crippen LogP contribution in [0.4, 0.5) is 5.82 Å². The van der Waals surface area contributed by atoms with Gasteiger partial charge in [0, 0.05) is 12.4 Å². The van der Waals surface area contributed by atoms with Crippen LogP contribution in [0.5, 0.6) is 0 Å². The van der Waals surface area contributed by atoms with Gasteiger partial charge in [-0.25, -0.2) is 15.4 Å². The molecule has 6 heteroatoms. The molecule has 0 saturated heterocycles. The fraction of sp³-hybridized carbons (Fsp3) is 0. The first-order valence-corrected chi connectivity index (χ1v) is 2.76. The minimum Gasteiger partial charge on any atom is -0.382 e. The maximum absolute atomic E-state index is 10.7. The van der Waals surface area contributed by atoms with Gasteiger partial charge in [0.2, 0.25) is 0 Å². The largest absolute Gasteiger partial charge is 0.382 e. The normalized spacial score (nSPS) is 9.18. The number of nitrogens with zero attached hydrogens (tertiary/aromatic N) is 2. The molecule has 0 radical (unpaired) electrons. The van der Waals surface area contributed by atoms with Crippen molar-refractivity contribution in [3.8, 4) is 0 Å². The van der Waals surface area contributed by atoms with E-state index in [1.54, 1.807) is 0 Å². The Hall–Kier alpha value is -1.69. The molecule has 1 aromatic heterocycles. The lowest BCUT2D eigenvalue weighted by atomic mass is 10.4. The van der Waals surface area contributed by atoms with Crippen LogP contribution in [0.3, 0.4) is 0 Å². The molecular formula is C5H6N4O2. The number of nitrogen functional groups attached to an aromatic ring is 1. The second-order valence-electron chi connectivity index (χ2n) is 1.73. The van der Waals surface area contributed by atoms with Gasteiger partial charge in [0.1, 0.15) is 0 Å². The Kier molecular flexibility index (Phi) is 1.98. The van der Waals surface area contributed by atoms with Crippen molar-refractivity contribution < 1.29 is 10.0 Å². The molecular weight excluding hydrogens is 148 g/mol. The summed E-state index contributed by atoms with van der Waals surface area (Å²) >= 11 is 0. The molecule has 0 aromatic carbocycles. The number of nitrogens with two attached hydrogens (primary N) is 1. The number of aromatic nitrogens is 2. The number of hydrogen-bond acceptors (Lipinski definition) is 5. The van der Waals surface area contributed by atoms with Crippen molar-refractivity contribution in [2.45, 2.75) is 0 Å². The van der Waals surface area contributed by atoms with Crippen molar-refractivity contribution >= 4 is 11.7 Å². The van der Waals surface area contributed by atoms with Crippen LogP contribution in [0.15, 0.2) is 12.4 Å². The molecule has 1 rings (SSSR count). The van der Waals surface area contributed by atoms with Crippen LogP contribution in [-0.2, 0) is 0 Å². The molecule has 1 heterocycles. The molecule has 1 amide bonds. The SMILES string of the molecule is Nc1nccnc1C(=O)NO. The van der Waals surface area contributed by atoms with E-state index >= 15 is 0 Å². The Labute approximate surface area is 62.0 Å². The lowest BCUT2D eigenvalue weighted by Gasteiger charge is -1.98. The highest BCUT2D eigenvalue weighted by Crippen LogP contribution is 2.00. The van der Waals surface area contributed by atoms with E-state index in [4.69, 9.17) is 10.9 Å². The summed E-state index contributed by atoms with van der Waals surface area (Å²) in [5, 5.41) is 8.19. The summed E-state index contributed by atoms with van der Waals surface area (Å²) in [6, 6.07) is 0. The smallest absolute Gasteiger partial charge is 0.297 e. The Balaban J connectivity index is 3.03. The van der Waals surface area contributed by atoms with E-state index in [-0.39, 0.29) is 11.5 Å². The highest BCUT2D eigenvalue weighted by atomic mass is 16.5. The summed E-state index contributed by atoms with van der Waals surface area (Å²) in [4.78, 5) is 17.9. The van der Waals surface area contributed by atoms with E-state index in [1.807, 2.05) is 0 Å². The molecule has 0 atom stereocenters. The first kappa shape index (κ1) is 7.42. The standard InChI is InChI=1S/C5H6N4O2/c6-4-3(5(10)9-11)7-1-2-8-4/h1-2,11H,(H2,6,8)(H,9,10).